The molecule has 0 spiro atoms. The third-order valence-electron chi connectivity index (χ3n) is 2.82. The van der Waals surface area contributed by atoms with Crippen molar-refractivity contribution in [3.05, 3.63) is 68.7 Å². The molecule has 2 amide bonds. The number of hydrogen-bond acceptors (Lipinski definition) is 4. The molecule has 22 heavy (non-hydrogen) atoms. The van der Waals surface area contributed by atoms with E-state index >= 15 is 0 Å². The van der Waals surface area contributed by atoms with Gasteiger partial charge in [0, 0.05) is 22.3 Å². The first-order valence-electron chi connectivity index (χ1n) is 6.03. The minimum atomic E-state index is -0.782. The Bertz CT molecular complexity index is 759. The molecule has 0 unspecified atom stereocenters. The van der Waals surface area contributed by atoms with Crippen LogP contribution in [0.2, 0.25) is 5.02 Å². The molecule has 0 aromatic heterocycles. The Balaban J connectivity index is 2.38. The number of carbonyl (C=O) groups excluding carboxylic acids is 2. The second-order valence-corrected chi connectivity index (χ2v) is 4.75. The van der Waals surface area contributed by atoms with Crippen LogP contribution in [0.3, 0.4) is 0 Å². The molecule has 0 heterocycles. The molecule has 112 valence electrons. The monoisotopic (exact) mass is 319 g/mol. The summed E-state index contributed by atoms with van der Waals surface area (Å²) in [5, 5.41) is 14.0. The maximum atomic E-state index is 12.2. The van der Waals surface area contributed by atoms with Gasteiger partial charge < -0.3 is 11.1 Å². The predicted octanol–water partition coefficient (Wildman–Crippen LogP) is 2.60. The Morgan fingerprint density at radius 2 is 1.77 bits per heavy atom. The van der Waals surface area contributed by atoms with E-state index < -0.39 is 22.4 Å². The van der Waals surface area contributed by atoms with Crippen LogP contribution in [0, 0.1) is 10.1 Å². The molecule has 0 aliphatic carbocycles. The fourth-order valence-electron chi connectivity index (χ4n) is 1.76. The molecule has 0 bridgehead atoms. The van der Waals surface area contributed by atoms with Crippen molar-refractivity contribution in [2.45, 2.75) is 0 Å². The standard InChI is InChI=1S/C14H10ClN3O4/c15-9-2-4-10(5-3-9)17-14(20)11-7-8(13(16)19)1-6-12(11)18(21)22/h1-7H,(H2,16,19)(H,17,20). The maximum absolute atomic E-state index is 12.2. The van der Waals surface area contributed by atoms with Crippen molar-refractivity contribution in [1.29, 1.82) is 0 Å². The lowest BCUT2D eigenvalue weighted by Crippen LogP contribution is -2.17. The molecule has 0 atom stereocenters. The lowest BCUT2D eigenvalue weighted by Gasteiger charge is -2.07. The average Bonchev–Trinajstić information content (AvgIpc) is 2.48. The molecule has 0 fully saturated rings. The molecular formula is C14H10ClN3O4. The van der Waals surface area contributed by atoms with E-state index in [0.29, 0.717) is 10.7 Å². The molecule has 8 heteroatoms. The third-order valence-corrected chi connectivity index (χ3v) is 3.08. The fraction of sp³-hybridized carbons (Fsp3) is 0. The minimum Gasteiger partial charge on any atom is -0.366 e. The highest BCUT2D eigenvalue weighted by Crippen LogP contribution is 2.22. The highest BCUT2D eigenvalue weighted by atomic mass is 35.5. The van der Waals surface area contributed by atoms with E-state index in [1.807, 2.05) is 0 Å². The van der Waals surface area contributed by atoms with E-state index in [9.17, 15) is 19.7 Å². The van der Waals surface area contributed by atoms with Gasteiger partial charge >= 0.3 is 0 Å². The number of nitrogens with one attached hydrogen (secondary N) is 1. The SMILES string of the molecule is NC(=O)c1ccc([N+](=O)[O-])c(C(=O)Nc2ccc(Cl)cc2)c1. The molecular weight excluding hydrogens is 310 g/mol. The van der Waals surface area contributed by atoms with Gasteiger partial charge in [-0.25, -0.2) is 0 Å². The normalized spacial score (nSPS) is 10.0. The zero-order valence-corrected chi connectivity index (χ0v) is 11.8. The van der Waals surface area contributed by atoms with Crippen molar-refractivity contribution in [3.63, 3.8) is 0 Å². The van der Waals surface area contributed by atoms with E-state index in [0.717, 1.165) is 12.1 Å². The van der Waals surface area contributed by atoms with Gasteiger partial charge in [0.2, 0.25) is 5.91 Å². The van der Waals surface area contributed by atoms with Gasteiger partial charge in [-0.05, 0) is 36.4 Å². The topological polar surface area (TPSA) is 115 Å². The molecule has 3 N–H and O–H groups in total. The van der Waals surface area contributed by atoms with Gasteiger partial charge in [0.25, 0.3) is 11.6 Å². The summed E-state index contributed by atoms with van der Waals surface area (Å²) in [5.74, 6) is -1.51. The van der Waals surface area contributed by atoms with Crippen molar-refractivity contribution in [2.24, 2.45) is 5.73 Å². The zero-order valence-electron chi connectivity index (χ0n) is 11.1. The van der Waals surface area contributed by atoms with Crippen LogP contribution in [0.25, 0.3) is 0 Å². The molecule has 0 radical (unpaired) electrons. The lowest BCUT2D eigenvalue weighted by atomic mass is 10.1. The Hall–Kier alpha value is -2.93. The molecule has 0 saturated carbocycles. The number of hydrogen-bond donors (Lipinski definition) is 2. The van der Waals surface area contributed by atoms with E-state index in [2.05, 4.69) is 5.32 Å². The summed E-state index contributed by atoms with van der Waals surface area (Å²) in [6, 6.07) is 9.56. The van der Waals surface area contributed by atoms with Gasteiger partial charge in [-0.1, -0.05) is 11.6 Å². The summed E-state index contributed by atoms with van der Waals surface area (Å²) >= 11 is 5.73. The Morgan fingerprint density at radius 1 is 1.14 bits per heavy atom. The van der Waals surface area contributed by atoms with Crippen LogP contribution >= 0.6 is 11.6 Å². The number of nitrogens with two attached hydrogens (primary N) is 1. The summed E-state index contributed by atoms with van der Waals surface area (Å²) in [5.41, 5.74) is 4.87. The highest BCUT2D eigenvalue weighted by Gasteiger charge is 2.21. The van der Waals surface area contributed by atoms with Gasteiger partial charge in [0.15, 0.2) is 0 Å². The largest absolute Gasteiger partial charge is 0.366 e. The first kappa shape index (κ1) is 15.5. The molecule has 2 aromatic rings. The average molecular weight is 320 g/mol. The maximum Gasteiger partial charge on any atom is 0.282 e. The van der Waals surface area contributed by atoms with Crippen LogP contribution in [0.15, 0.2) is 42.5 Å². The first-order valence-corrected chi connectivity index (χ1v) is 6.41. The second-order valence-electron chi connectivity index (χ2n) is 4.31. The second kappa shape index (κ2) is 6.23. The van der Waals surface area contributed by atoms with E-state index in [1.165, 1.54) is 6.07 Å². The van der Waals surface area contributed by atoms with Crippen LogP contribution in [0.5, 0.6) is 0 Å². The van der Waals surface area contributed by atoms with E-state index in [1.54, 1.807) is 24.3 Å². The summed E-state index contributed by atoms with van der Waals surface area (Å²) in [7, 11) is 0. The molecule has 2 rings (SSSR count). The Kier molecular flexibility index (Phi) is 4.38. The van der Waals surface area contributed by atoms with Crippen molar-refractivity contribution in [3.8, 4) is 0 Å². The number of nitrogens with zero attached hydrogens (tertiary/aromatic N) is 1. The predicted molar refractivity (Wildman–Crippen MR) is 81.0 cm³/mol. The lowest BCUT2D eigenvalue weighted by molar-refractivity contribution is -0.385. The summed E-state index contributed by atoms with van der Waals surface area (Å²) in [6.45, 7) is 0. The van der Waals surface area contributed by atoms with Crippen LogP contribution in [-0.4, -0.2) is 16.7 Å². The summed E-state index contributed by atoms with van der Waals surface area (Å²) < 4.78 is 0. The summed E-state index contributed by atoms with van der Waals surface area (Å²) in [4.78, 5) is 33.6. The minimum absolute atomic E-state index is 0.00635. The van der Waals surface area contributed by atoms with Gasteiger partial charge in [-0.3, -0.25) is 19.7 Å². The van der Waals surface area contributed by atoms with Crippen LogP contribution in [-0.2, 0) is 0 Å². The number of rotatable bonds is 4. The highest BCUT2D eigenvalue weighted by molar-refractivity contribution is 6.30. The number of halogens is 1. The molecule has 7 nitrogen and oxygen atoms in total. The van der Waals surface area contributed by atoms with E-state index in [-0.39, 0.29) is 11.1 Å². The van der Waals surface area contributed by atoms with Gasteiger partial charge in [-0.2, -0.15) is 0 Å². The Labute approximate surface area is 129 Å². The number of carbonyl (C=O) groups is 2. The number of amides is 2. The van der Waals surface area contributed by atoms with Gasteiger partial charge in [-0.15, -0.1) is 0 Å². The van der Waals surface area contributed by atoms with Crippen LogP contribution in [0.1, 0.15) is 20.7 Å². The van der Waals surface area contributed by atoms with Crippen molar-refractivity contribution >= 4 is 34.8 Å². The van der Waals surface area contributed by atoms with Crippen LogP contribution in [0.4, 0.5) is 11.4 Å². The number of nitro benzene ring substituents is 1. The first-order chi connectivity index (χ1) is 10.4. The summed E-state index contributed by atoms with van der Waals surface area (Å²) in [6.07, 6.45) is 0. The van der Waals surface area contributed by atoms with Crippen molar-refractivity contribution in [2.75, 3.05) is 5.32 Å². The van der Waals surface area contributed by atoms with E-state index in [4.69, 9.17) is 17.3 Å². The molecule has 2 aromatic carbocycles. The molecule has 0 aliphatic rings. The van der Waals surface area contributed by atoms with Crippen molar-refractivity contribution < 1.29 is 14.5 Å². The number of anilines is 1. The zero-order chi connectivity index (χ0) is 16.3. The third kappa shape index (κ3) is 3.39. The van der Waals surface area contributed by atoms with Crippen LogP contribution < -0.4 is 11.1 Å². The Morgan fingerprint density at radius 3 is 2.32 bits per heavy atom. The quantitative estimate of drug-likeness (QED) is 0.665. The van der Waals surface area contributed by atoms with Gasteiger partial charge in [0.05, 0.1) is 4.92 Å². The number of primary amides is 1. The number of nitro groups is 1. The fourth-order valence-corrected chi connectivity index (χ4v) is 1.89. The van der Waals surface area contributed by atoms with Crippen molar-refractivity contribution in [1.82, 2.24) is 0 Å². The molecule has 0 saturated heterocycles. The smallest absolute Gasteiger partial charge is 0.282 e. The molecule has 0 aliphatic heterocycles. The number of benzene rings is 2. The van der Waals surface area contributed by atoms with Gasteiger partial charge in [0.1, 0.15) is 5.56 Å².